The molecule has 0 aliphatic heterocycles. The fourth-order valence-corrected chi connectivity index (χ4v) is 3.71. The van der Waals surface area contributed by atoms with Gasteiger partial charge in [0.25, 0.3) is 0 Å². The molecule has 0 bridgehead atoms. The van der Waals surface area contributed by atoms with Crippen LogP contribution in [-0.4, -0.2) is 46.2 Å². The number of aromatic amines is 1. The Hall–Kier alpha value is -3.59. The molecule has 4 rings (SSSR count). The molecule has 0 spiro atoms. The van der Waals surface area contributed by atoms with Crippen molar-refractivity contribution in [3.05, 3.63) is 70.4 Å². The molecule has 0 aliphatic rings. The maximum absolute atomic E-state index is 12.9. The van der Waals surface area contributed by atoms with Crippen LogP contribution in [0.4, 0.5) is 0 Å². The third kappa shape index (κ3) is 4.67. The molecule has 32 heavy (non-hydrogen) atoms. The molecule has 2 N–H and O–H groups in total. The average Bonchev–Trinajstić information content (AvgIpc) is 3.43. The van der Waals surface area contributed by atoms with Crippen LogP contribution in [0.5, 0.6) is 0 Å². The van der Waals surface area contributed by atoms with E-state index in [4.69, 9.17) is 0 Å². The number of H-pyrrole nitrogens is 1. The van der Waals surface area contributed by atoms with E-state index in [1.165, 1.54) is 4.68 Å². The summed E-state index contributed by atoms with van der Waals surface area (Å²) in [5.41, 5.74) is 3.74. The Morgan fingerprint density at radius 2 is 1.84 bits per heavy atom. The maximum atomic E-state index is 12.9. The number of hydrogen-bond acceptors (Lipinski definition) is 6. The topological polar surface area (TPSA) is 115 Å². The quantitative estimate of drug-likeness (QED) is 0.419. The molecule has 1 atom stereocenters. The number of benzene rings is 2. The minimum Gasteiger partial charge on any atom is -0.391 e. The smallest absolute Gasteiger partial charge is 0.346 e. The predicted octanol–water partition coefficient (Wildman–Crippen LogP) is 2.66. The van der Waals surface area contributed by atoms with Crippen LogP contribution in [0, 0.1) is 0 Å². The van der Waals surface area contributed by atoms with Gasteiger partial charge in [-0.25, -0.2) is 9.48 Å². The summed E-state index contributed by atoms with van der Waals surface area (Å²) in [7, 11) is 0. The first kappa shape index (κ1) is 21.6. The molecule has 0 saturated heterocycles. The number of aromatic nitrogens is 7. The van der Waals surface area contributed by atoms with E-state index in [9.17, 15) is 9.90 Å². The van der Waals surface area contributed by atoms with Crippen molar-refractivity contribution in [1.82, 2.24) is 35.0 Å². The number of nitrogens with zero attached hydrogens (tertiary/aromatic N) is 6. The zero-order valence-electron chi connectivity index (χ0n) is 18.3. The van der Waals surface area contributed by atoms with Crippen LogP contribution < -0.4 is 5.69 Å². The van der Waals surface area contributed by atoms with E-state index in [0.717, 1.165) is 47.3 Å². The largest absolute Gasteiger partial charge is 0.391 e. The lowest BCUT2D eigenvalue weighted by Gasteiger charge is -2.09. The van der Waals surface area contributed by atoms with Crippen LogP contribution in [0.25, 0.3) is 22.5 Å². The van der Waals surface area contributed by atoms with Crippen LogP contribution in [0.1, 0.15) is 38.1 Å². The molecule has 2 heterocycles. The Morgan fingerprint density at radius 3 is 2.50 bits per heavy atom. The Bertz CT molecular complexity index is 1210. The van der Waals surface area contributed by atoms with Gasteiger partial charge >= 0.3 is 5.69 Å². The summed E-state index contributed by atoms with van der Waals surface area (Å²) in [6.45, 7) is 4.39. The van der Waals surface area contributed by atoms with Gasteiger partial charge in [-0.05, 0) is 35.2 Å². The number of unbranched alkanes of at least 4 members (excludes halogenated alkanes) is 1. The zero-order chi connectivity index (χ0) is 22.5. The number of tetrazole rings is 1. The zero-order valence-corrected chi connectivity index (χ0v) is 18.3. The van der Waals surface area contributed by atoms with Crippen molar-refractivity contribution in [2.45, 2.75) is 52.3 Å². The summed E-state index contributed by atoms with van der Waals surface area (Å²) in [5, 5.41) is 28.5. The van der Waals surface area contributed by atoms with Crippen molar-refractivity contribution in [3.63, 3.8) is 0 Å². The van der Waals surface area contributed by atoms with Gasteiger partial charge in [0, 0.05) is 12.0 Å². The maximum Gasteiger partial charge on any atom is 0.346 e. The van der Waals surface area contributed by atoms with Crippen LogP contribution >= 0.6 is 0 Å². The van der Waals surface area contributed by atoms with E-state index in [1.807, 2.05) is 48.5 Å². The predicted molar refractivity (Wildman–Crippen MR) is 121 cm³/mol. The fourth-order valence-electron chi connectivity index (χ4n) is 3.71. The van der Waals surface area contributed by atoms with Crippen LogP contribution in [0.2, 0.25) is 0 Å². The van der Waals surface area contributed by atoms with Crippen molar-refractivity contribution in [2.24, 2.45) is 0 Å². The molecule has 9 heteroatoms. The van der Waals surface area contributed by atoms with Crippen molar-refractivity contribution in [1.29, 1.82) is 0 Å². The molecule has 1 unspecified atom stereocenters. The van der Waals surface area contributed by atoms with E-state index in [1.54, 1.807) is 11.5 Å². The molecule has 2 aromatic carbocycles. The van der Waals surface area contributed by atoms with E-state index >= 15 is 0 Å². The second-order valence-corrected chi connectivity index (χ2v) is 7.90. The molecule has 0 amide bonds. The van der Waals surface area contributed by atoms with Crippen molar-refractivity contribution < 1.29 is 5.11 Å². The highest BCUT2D eigenvalue weighted by Crippen LogP contribution is 2.29. The standard InChI is InChI=1S/C23H27N7O2/c1-3-4-9-21-26-30(14-16(2)31)23(32)29(21)15-17-10-12-18(13-11-17)19-7-5-6-8-20(19)22-24-27-28-25-22/h5-8,10-13,16,31H,3-4,9,14-15H2,1-2H3,(H,24,25,27,28). The summed E-state index contributed by atoms with van der Waals surface area (Å²) in [6, 6.07) is 16.0. The number of aryl methyl sites for hydroxylation is 1. The number of aliphatic hydroxyl groups is 1. The summed E-state index contributed by atoms with van der Waals surface area (Å²) in [5.74, 6) is 1.30. The van der Waals surface area contributed by atoms with Gasteiger partial charge < -0.3 is 5.11 Å². The van der Waals surface area contributed by atoms with Gasteiger partial charge in [0.1, 0.15) is 5.82 Å². The average molecular weight is 434 g/mol. The minimum atomic E-state index is -0.631. The molecule has 0 radical (unpaired) electrons. The number of aliphatic hydroxyl groups excluding tert-OH is 1. The fraction of sp³-hybridized carbons (Fsp3) is 0.348. The summed E-state index contributed by atoms with van der Waals surface area (Å²) in [4.78, 5) is 12.9. The van der Waals surface area contributed by atoms with E-state index in [2.05, 4.69) is 32.6 Å². The first-order chi connectivity index (χ1) is 15.6. The van der Waals surface area contributed by atoms with Crippen LogP contribution in [-0.2, 0) is 19.5 Å². The van der Waals surface area contributed by atoms with Crippen LogP contribution in [0.15, 0.2) is 53.3 Å². The summed E-state index contributed by atoms with van der Waals surface area (Å²) < 4.78 is 3.07. The third-order valence-electron chi connectivity index (χ3n) is 5.31. The Labute approximate surface area is 185 Å². The van der Waals surface area contributed by atoms with Gasteiger partial charge in [-0.1, -0.05) is 61.9 Å². The van der Waals surface area contributed by atoms with Gasteiger partial charge in [-0.2, -0.15) is 10.3 Å². The lowest BCUT2D eigenvalue weighted by atomic mass is 9.98. The second kappa shape index (κ2) is 9.69. The van der Waals surface area contributed by atoms with Crippen molar-refractivity contribution in [2.75, 3.05) is 0 Å². The number of nitrogens with one attached hydrogen (secondary N) is 1. The lowest BCUT2D eigenvalue weighted by molar-refractivity contribution is 0.166. The lowest BCUT2D eigenvalue weighted by Crippen LogP contribution is -2.29. The Balaban J connectivity index is 1.62. The van der Waals surface area contributed by atoms with Crippen molar-refractivity contribution >= 4 is 0 Å². The normalized spacial score (nSPS) is 12.2. The summed E-state index contributed by atoms with van der Waals surface area (Å²) >= 11 is 0. The first-order valence-electron chi connectivity index (χ1n) is 10.8. The SMILES string of the molecule is CCCCc1nn(CC(C)O)c(=O)n1Cc1ccc(-c2ccccc2-c2nn[nH]n2)cc1. The van der Waals surface area contributed by atoms with Crippen LogP contribution in [0.3, 0.4) is 0 Å². The highest BCUT2D eigenvalue weighted by atomic mass is 16.3. The highest BCUT2D eigenvalue weighted by Gasteiger charge is 2.15. The molecule has 0 saturated carbocycles. The molecule has 2 aromatic heterocycles. The van der Waals surface area contributed by atoms with E-state index in [-0.39, 0.29) is 12.2 Å². The molecule has 0 fully saturated rings. The highest BCUT2D eigenvalue weighted by molar-refractivity contribution is 5.80. The van der Waals surface area contributed by atoms with E-state index < -0.39 is 6.10 Å². The molecular weight excluding hydrogens is 406 g/mol. The van der Waals surface area contributed by atoms with Gasteiger partial charge in [-0.3, -0.25) is 4.57 Å². The second-order valence-electron chi connectivity index (χ2n) is 7.90. The molecule has 9 nitrogen and oxygen atoms in total. The number of rotatable bonds is 9. The van der Waals surface area contributed by atoms with Gasteiger partial charge in [0.05, 0.1) is 19.2 Å². The molecular formula is C23H27N7O2. The first-order valence-corrected chi connectivity index (χ1v) is 10.8. The van der Waals surface area contributed by atoms with E-state index in [0.29, 0.717) is 12.4 Å². The Morgan fingerprint density at radius 1 is 1.09 bits per heavy atom. The van der Waals surface area contributed by atoms with Crippen molar-refractivity contribution in [3.8, 4) is 22.5 Å². The molecule has 166 valence electrons. The Kier molecular flexibility index (Phi) is 6.55. The third-order valence-corrected chi connectivity index (χ3v) is 5.31. The molecule has 0 aliphatic carbocycles. The van der Waals surface area contributed by atoms with Gasteiger partial charge in [0.15, 0.2) is 0 Å². The summed E-state index contributed by atoms with van der Waals surface area (Å²) in [6.07, 6.45) is 2.08. The van der Waals surface area contributed by atoms with Gasteiger partial charge in [-0.15, -0.1) is 10.2 Å². The molecule has 4 aromatic rings. The monoisotopic (exact) mass is 433 g/mol. The number of hydrogen-bond donors (Lipinski definition) is 2. The van der Waals surface area contributed by atoms with Gasteiger partial charge in [0.2, 0.25) is 5.82 Å². The minimum absolute atomic E-state index is 0.191.